The molecule has 0 heteroatoms. The molecule has 4 rings (SSSR count). The van der Waals surface area contributed by atoms with E-state index in [0.29, 0.717) is 0 Å². The molecular weight excluding hydrogens is 577 g/mol. The van der Waals surface area contributed by atoms with E-state index in [0.717, 1.165) is 38.5 Å². The molecule has 48 heavy (non-hydrogen) atoms. The first kappa shape index (κ1) is 37.7. The Bertz CT molecular complexity index is 1520. The van der Waals surface area contributed by atoms with Gasteiger partial charge in [-0.05, 0) is 141 Å². The van der Waals surface area contributed by atoms with Crippen LogP contribution in [0.3, 0.4) is 0 Å². The van der Waals surface area contributed by atoms with E-state index in [1.807, 2.05) is 0 Å². The van der Waals surface area contributed by atoms with E-state index in [2.05, 4.69) is 170 Å². The summed E-state index contributed by atoms with van der Waals surface area (Å²) in [5, 5.41) is 0. The van der Waals surface area contributed by atoms with Crippen molar-refractivity contribution < 1.29 is 0 Å². The first-order valence-corrected chi connectivity index (χ1v) is 18.9. The molecule has 0 aliphatic rings. The van der Waals surface area contributed by atoms with E-state index in [1.165, 1.54) is 66.8 Å². The fourth-order valence-corrected chi connectivity index (χ4v) is 6.87. The lowest BCUT2D eigenvalue weighted by molar-refractivity contribution is 0.487. The summed E-state index contributed by atoms with van der Waals surface area (Å²) < 4.78 is 0. The van der Waals surface area contributed by atoms with Crippen LogP contribution < -0.4 is 0 Å². The van der Waals surface area contributed by atoms with Gasteiger partial charge in [0.2, 0.25) is 0 Å². The molecule has 0 amide bonds. The van der Waals surface area contributed by atoms with Crippen LogP contribution in [0.4, 0.5) is 0 Å². The second-order valence-electron chi connectivity index (χ2n) is 17.4. The van der Waals surface area contributed by atoms with Crippen molar-refractivity contribution in [1.29, 1.82) is 0 Å². The van der Waals surface area contributed by atoms with Crippen molar-refractivity contribution in [3.05, 3.63) is 128 Å². The van der Waals surface area contributed by atoms with Crippen LogP contribution in [0.2, 0.25) is 0 Å². The summed E-state index contributed by atoms with van der Waals surface area (Å²) in [6, 6.07) is 28.9. The van der Waals surface area contributed by atoms with E-state index in [-0.39, 0.29) is 21.7 Å². The molecule has 0 fully saturated rings. The highest BCUT2D eigenvalue weighted by atomic mass is 14.3. The molecule has 0 aromatic heterocycles. The average Bonchev–Trinajstić information content (AvgIpc) is 3.05. The fraction of sp³-hybridized carbons (Fsp3) is 0.500. The lowest BCUT2D eigenvalue weighted by atomic mass is 9.75. The number of hydrogen-bond acceptors (Lipinski definition) is 0. The first-order chi connectivity index (χ1) is 22.4. The Kier molecular flexibility index (Phi) is 11.3. The average molecular weight is 643 g/mol. The van der Waals surface area contributed by atoms with Gasteiger partial charge in [0.1, 0.15) is 0 Å². The van der Waals surface area contributed by atoms with Crippen LogP contribution in [0.25, 0.3) is 11.1 Å². The predicted molar refractivity (Wildman–Crippen MR) is 213 cm³/mol. The van der Waals surface area contributed by atoms with Gasteiger partial charge in [-0.1, -0.05) is 156 Å². The molecule has 0 aliphatic carbocycles. The fourth-order valence-electron chi connectivity index (χ4n) is 6.87. The minimum atomic E-state index is 0.138. The monoisotopic (exact) mass is 643 g/mol. The van der Waals surface area contributed by atoms with Crippen molar-refractivity contribution in [2.24, 2.45) is 0 Å². The largest absolute Gasteiger partial charge is 0.0646 e. The zero-order valence-corrected chi connectivity index (χ0v) is 33.2. The van der Waals surface area contributed by atoms with Gasteiger partial charge in [-0.15, -0.1) is 0 Å². The minimum absolute atomic E-state index is 0.138. The van der Waals surface area contributed by atoms with E-state index in [9.17, 15) is 0 Å². The van der Waals surface area contributed by atoms with E-state index >= 15 is 0 Å². The molecule has 0 heterocycles. The van der Waals surface area contributed by atoms with Crippen LogP contribution in [0.1, 0.15) is 164 Å². The zero-order chi connectivity index (χ0) is 35.7. The SMILES string of the molecule is CCC(C)(C)c1cc(Cc2cccc(C)c2-c2c(C)cccc2Cc2cc(C(C)(C)CC)cc(C(C)(C)CC)c2)cc(C(C)(C)CC)c1. The highest BCUT2D eigenvalue weighted by Gasteiger charge is 2.27. The Balaban J connectivity index is 1.89. The highest BCUT2D eigenvalue weighted by Crippen LogP contribution is 2.40. The van der Waals surface area contributed by atoms with Crippen molar-refractivity contribution >= 4 is 0 Å². The summed E-state index contributed by atoms with van der Waals surface area (Å²) in [5.41, 5.74) is 17.6. The number of benzene rings is 4. The molecule has 0 saturated carbocycles. The third-order valence-electron chi connectivity index (χ3n) is 12.4. The molecular formula is C48H66. The van der Waals surface area contributed by atoms with Crippen molar-refractivity contribution in [3.63, 3.8) is 0 Å². The van der Waals surface area contributed by atoms with Crippen LogP contribution in [-0.4, -0.2) is 0 Å². The second kappa shape index (κ2) is 14.4. The summed E-state index contributed by atoms with van der Waals surface area (Å²) in [6.07, 6.45) is 6.36. The van der Waals surface area contributed by atoms with Crippen LogP contribution in [0.5, 0.6) is 0 Å². The Hall–Kier alpha value is -3.12. The molecule has 0 atom stereocenters. The maximum atomic E-state index is 2.50. The molecule has 4 aromatic rings. The standard InChI is InChI=1S/C48H66/c1-15-45(7,8)39-27-35(28-40(31-39)46(9,10)16-2)25-37-23-19-21-33(5)43(37)44-34(6)22-20-24-38(44)26-36-29-41(47(11,12)17-3)32-42(30-36)48(13,14)18-4/h19-24,27-32H,15-18,25-26H2,1-14H3. The number of rotatable bonds is 13. The van der Waals surface area contributed by atoms with Crippen LogP contribution in [0.15, 0.2) is 72.8 Å². The molecule has 0 unspecified atom stereocenters. The molecule has 0 radical (unpaired) electrons. The van der Waals surface area contributed by atoms with Gasteiger partial charge in [-0.2, -0.15) is 0 Å². The molecule has 258 valence electrons. The lowest BCUT2D eigenvalue weighted by Gasteiger charge is -2.30. The second-order valence-corrected chi connectivity index (χ2v) is 17.4. The van der Waals surface area contributed by atoms with E-state index in [1.54, 1.807) is 0 Å². The van der Waals surface area contributed by atoms with Crippen molar-refractivity contribution in [2.75, 3.05) is 0 Å². The molecule has 0 N–H and O–H groups in total. The summed E-state index contributed by atoms with van der Waals surface area (Å²) in [6.45, 7) is 33.1. The summed E-state index contributed by atoms with van der Waals surface area (Å²) in [5.74, 6) is 0. The van der Waals surface area contributed by atoms with E-state index in [4.69, 9.17) is 0 Å². The van der Waals surface area contributed by atoms with Gasteiger partial charge < -0.3 is 0 Å². The third kappa shape index (κ3) is 8.01. The first-order valence-electron chi connectivity index (χ1n) is 18.9. The van der Waals surface area contributed by atoms with Gasteiger partial charge in [-0.3, -0.25) is 0 Å². The molecule has 0 spiro atoms. The molecule has 0 aliphatic heterocycles. The molecule has 0 saturated heterocycles. The summed E-state index contributed by atoms with van der Waals surface area (Å²) in [7, 11) is 0. The molecule has 4 aromatic carbocycles. The Morgan fingerprint density at radius 3 is 0.917 bits per heavy atom. The Morgan fingerprint density at radius 1 is 0.396 bits per heavy atom. The number of aryl methyl sites for hydroxylation is 2. The van der Waals surface area contributed by atoms with Crippen molar-refractivity contribution in [2.45, 2.75) is 157 Å². The maximum absolute atomic E-state index is 2.50. The summed E-state index contributed by atoms with van der Waals surface area (Å²) in [4.78, 5) is 0. The quantitative estimate of drug-likeness (QED) is 0.136. The van der Waals surface area contributed by atoms with Gasteiger partial charge in [-0.25, -0.2) is 0 Å². The molecule has 0 bridgehead atoms. The minimum Gasteiger partial charge on any atom is -0.0646 e. The topological polar surface area (TPSA) is 0 Å². The third-order valence-corrected chi connectivity index (χ3v) is 12.4. The van der Waals surface area contributed by atoms with Gasteiger partial charge in [0.15, 0.2) is 0 Å². The number of hydrogen-bond donors (Lipinski definition) is 0. The van der Waals surface area contributed by atoms with Crippen LogP contribution >= 0.6 is 0 Å². The van der Waals surface area contributed by atoms with E-state index < -0.39 is 0 Å². The molecule has 0 nitrogen and oxygen atoms in total. The Morgan fingerprint density at radius 2 is 0.667 bits per heavy atom. The van der Waals surface area contributed by atoms with Gasteiger partial charge in [0, 0.05) is 0 Å². The van der Waals surface area contributed by atoms with Crippen molar-refractivity contribution in [3.8, 4) is 11.1 Å². The smallest absolute Gasteiger partial charge is 0.00193 e. The predicted octanol–water partition coefficient (Wildman–Crippen LogP) is 13.9. The Labute approximate surface area is 295 Å². The van der Waals surface area contributed by atoms with Crippen LogP contribution in [0, 0.1) is 13.8 Å². The van der Waals surface area contributed by atoms with Gasteiger partial charge in [0.25, 0.3) is 0 Å². The van der Waals surface area contributed by atoms with Gasteiger partial charge >= 0.3 is 0 Å². The van der Waals surface area contributed by atoms with Crippen LogP contribution in [-0.2, 0) is 34.5 Å². The lowest BCUT2D eigenvalue weighted by Crippen LogP contribution is -2.21. The normalized spacial score (nSPS) is 12.9. The van der Waals surface area contributed by atoms with Crippen molar-refractivity contribution in [1.82, 2.24) is 0 Å². The maximum Gasteiger partial charge on any atom is -0.00193 e. The summed E-state index contributed by atoms with van der Waals surface area (Å²) >= 11 is 0. The highest BCUT2D eigenvalue weighted by molar-refractivity contribution is 5.77. The zero-order valence-electron chi connectivity index (χ0n) is 33.2. The van der Waals surface area contributed by atoms with Gasteiger partial charge in [0.05, 0.1) is 0 Å².